The van der Waals surface area contributed by atoms with Crippen LogP contribution in [-0.4, -0.2) is 13.2 Å². The van der Waals surface area contributed by atoms with Gasteiger partial charge in [0, 0.05) is 13.1 Å². The molecular formula is C18H23NO. The molecule has 0 heterocycles. The van der Waals surface area contributed by atoms with E-state index in [0.717, 1.165) is 19.7 Å². The first kappa shape index (κ1) is 14.8. The van der Waals surface area contributed by atoms with E-state index in [9.17, 15) is 0 Å². The summed E-state index contributed by atoms with van der Waals surface area (Å²) in [6.45, 7) is 7.46. The zero-order valence-corrected chi connectivity index (χ0v) is 12.4. The van der Waals surface area contributed by atoms with Crippen molar-refractivity contribution in [1.82, 2.24) is 5.32 Å². The molecule has 0 saturated heterocycles. The molecule has 1 N–H and O–H groups in total. The fraction of sp³-hybridized carbons (Fsp3) is 0.333. The molecule has 2 rings (SSSR count). The van der Waals surface area contributed by atoms with E-state index in [0.29, 0.717) is 6.61 Å². The minimum atomic E-state index is 0.694. The van der Waals surface area contributed by atoms with Crippen LogP contribution in [0.3, 0.4) is 0 Å². The number of ether oxygens (including phenoxy) is 1. The number of nitrogens with one attached hydrogen (secondary N) is 1. The lowest BCUT2D eigenvalue weighted by Crippen LogP contribution is -2.19. The third-order valence-electron chi connectivity index (χ3n) is 3.35. The molecule has 0 bridgehead atoms. The van der Waals surface area contributed by atoms with Crippen LogP contribution in [0.4, 0.5) is 0 Å². The first-order valence-electron chi connectivity index (χ1n) is 7.14. The van der Waals surface area contributed by atoms with Crippen molar-refractivity contribution in [1.29, 1.82) is 0 Å². The van der Waals surface area contributed by atoms with Crippen LogP contribution in [0.25, 0.3) is 0 Å². The summed E-state index contributed by atoms with van der Waals surface area (Å²) in [7, 11) is 0. The molecule has 0 radical (unpaired) electrons. The summed E-state index contributed by atoms with van der Waals surface area (Å²) < 4.78 is 5.72. The Labute approximate surface area is 121 Å². The number of aryl methyl sites for hydroxylation is 2. The standard InChI is InChI=1S/C18H23NO/c1-15-8-9-18(16(2)12-15)14-20-11-10-19-13-17-6-4-3-5-7-17/h3-9,12,19H,10-11,13-14H2,1-2H3. The topological polar surface area (TPSA) is 21.3 Å². The predicted octanol–water partition coefficient (Wildman–Crippen LogP) is 3.61. The van der Waals surface area contributed by atoms with Crippen LogP contribution in [0.2, 0.25) is 0 Å². The van der Waals surface area contributed by atoms with Crippen molar-refractivity contribution >= 4 is 0 Å². The van der Waals surface area contributed by atoms with Crippen molar-refractivity contribution in [3.63, 3.8) is 0 Å². The van der Waals surface area contributed by atoms with Crippen molar-refractivity contribution in [2.24, 2.45) is 0 Å². The minimum Gasteiger partial charge on any atom is -0.375 e. The average Bonchev–Trinajstić information content (AvgIpc) is 2.46. The molecule has 0 spiro atoms. The Morgan fingerprint density at radius 1 is 1.00 bits per heavy atom. The largest absolute Gasteiger partial charge is 0.375 e. The minimum absolute atomic E-state index is 0.694. The fourth-order valence-electron chi connectivity index (χ4n) is 2.16. The van der Waals surface area contributed by atoms with Gasteiger partial charge in [-0.2, -0.15) is 0 Å². The summed E-state index contributed by atoms with van der Waals surface area (Å²) >= 11 is 0. The normalized spacial score (nSPS) is 10.7. The van der Waals surface area contributed by atoms with Gasteiger partial charge in [-0.3, -0.25) is 0 Å². The van der Waals surface area contributed by atoms with E-state index in [-0.39, 0.29) is 0 Å². The molecule has 2 aromatic carbocycles. The lowest BCUT2D eigenvalue weighted by Gasteiger charge is -2.09. The number of benzene rings is 2. The van der Waals surface area contributed by atoms with Crippen molar-refractivity contribution in [3.8, 4) is 0 Å². The molecule has 0 amide bonds. The number of hydrogen-bond donors (Lipinski definition) is 1. The maximum atomic E-state index is 5.72. The molecule has 0 aliphatic carbocycles. The van der Waals surface area contributed by atoms with E-state index < -0.39 is 0 Å². The van der Waals surface area contributed by atoms with Gasteiger partial charge in [-0.25, -0.2) is 0 Å². The Bertz CT molecular complexity index is 522. The third kappa shape index (κ3) is 4.80. The van der Waals surface area contributed by atoms with E-state index in [1.807, 2.05) is 6.07 Å². The quantitative estimate of drug-likeness (QED) is 0.775. The van der Waals surface area contributed by atoms with E-state index in [2.05, 4.69) is 61.6 Å². The Hall–Kier alpha value is -1.64. The van der Waals surface area contributed by atoms with Gasteiger partial charge in [0.1, 0.15) is 0 Å². The van der Waals surface area contributed by atoms with Crippen LogP contribution >= 0.6 is 0 Å². The molecule has 0 fully saturated rings. The molecule has 106 valence electrons. The van der Waals surface area contributed by atoms with Crippen molar-refractivity contribution in [3.05, 3.63) is 70.8 Å². The van der Waals surface area contributed by atoms with Gasteiger partial charge in [0.2, 0.25) is 0 Å². The third-order valence-corrected chi connectivity index (χ3v) is 3.35. The molecule has 0 atom stereocenters. The van der Waals surface area contributed by atoms with Crippen molar-refractivity contribution in [2.75, 3.05) is 13.2 Å². The number of rotatable bonds is 7. The summed E-state index contributed by atoms with van der Waals surface area (Å²) in [6.07, 6.45) is 0. The molecule has 0 aliphatic heterocycles. The molecule has 0 saturated carbocycles. The maximum absolute atomic E-state index is 5.72. The second-order valence-electron chi connectivity index (χ2n) is 5.14. The van der Waals surface area contributed by atoms with E-state index in [4.69, 9.17) is 4.74 Å². The summed E-state index contributed by atoms with van der Waals surface area (Å²) in [4.78, 5) is 0. The monoisotopic (exact) mass is 269 g/mol. The highest BCUT2D eigenvalue weighted by Crippen LogP contribution is 2.11. The second kappa shape index (κ2) is 7.83. The first-order valence-corrected chi connectivity index (χ1v) is 7.14. The van der Waals surface area contributed by atoms with Crippen LogP contribution in [0, 0.1) is 13.8 Å². The lowest BCUT2D eigenvalue weighted by molar-refractivity contribution is 0.122. The Balaban J connectivity index is 1.62. The molecule has 2 nitrogen and oxygen atoms in total. The Morgan fingerprint density at radius 2 is 1.80 bits per heavy atom. The highest BCUT2D eigenvalue weighted by molar-refractivity contribution is 5.29. The molecule has 0 unspecified atom stereocenters. The van der Waals surface area contributed by atoms with Crippen LogP contribution in [0.1, 0.15) is 22.3 Å². The number of hydrogen-bond acceptors (Lipinski definition) is 2. The van der Waals surface area contributed by atoms with E-state index in [1.54, 1.807) is 0 Å². The average molecular weight is 269 g/mol. The van der Waals surface area contributed by atoms with Crippen LogP contribution < -0.4 is 5.32 Å². The smallest absolute Gasteiger partial charge is 0.0720 e. The summed E-state index contributed by atoms with van der Waals surface area (Å²) in [5, 5.41) is 3.39. The Morgan fingerprint density at radius 3 is 2.55 bits per heavy atom. The van der Waals surface area contributed by atoms with Crippen molar-refractivity contribution < 1.29 is 4.74 Å². The van der Waals surface area contributed by atoms with Gasteiger partial charge < -0.3 is 10.1 Å². The fourth-order valence-corrected chi connectivity index (χ4v) is 2.16. The second-order valence-corrected chi connectivity index (χ2v) is 5.14. The highest BCUT2D eigenvalue weighted by atomic mass is 16.5. The predicted molar refractivity (Wildman–Crippen MR) is 83.7 cm³/mol. The van der Waals surface area contributed by atoms with Crippen LogP contribution in [-0.2, 0) is 17.9 Å². The van der Waals surface area contributed by atoms with Gasteiger partial charge >= 0.3 is 0 Å². The Kier molecular flexibility index (Phi) is 5.78. The van der Waals surface area contributed by atoms with Crippen LogP contribution in [0.5, 0.6) is 0 Å². The van der Waals surface area contributed by atoms with E-state index >= 15 is 0 Å². The summed E-state index contributed by atoms with van der Waals surface area (Å²) in [5.74, 6) is 0. The molecule has 0 aliphatic rings. The summed E-state index contributed by atoms with van der Waals surface area (Å²) in [6, 6.07) is 16.9. The molecule has 0 aromatic heterocycles. The van der Waals surface area contributed by atoms with Crippen molar-refractivity contribution in [2.45, 2.75) is 27.0 Å². The van der Waals surface area contributed by atoms with Gasteiger partial charge in [-0.1, -0.05) is 54.1 Å². The highest BCUT2D eigenvalue weighted by Gasteiger charge is 1.98. The maximum Gasteiger partial charge on any atom is 0.0720 e. The zero-order valence-electron chi connectivity index (χ0n) is 12.4. The van der Waals surface area contributed by atoms with Crippen LogP contribution in [0.15, 0.2) is 48.5 Å². The van der Waals surface area contributed by atoms with Gasteiger partial charge in [0.25, 0.3) is 0 Å². The van der Waals surface area contributed by atoms with E-state index in [1.165, 1.54) is 22.3 Å². The zero-order chi connectivity index (χ0) is 14.2. The molecule has 2 aromatic rings. The molecule has 2 heteroatoms. The van der Waals surface area contributed by atoms with Gasteiger partial charge in [-0.05, 0) is 30.5 Å². The van der Waals surface area contributed by atoms with Gasteiger partial charge in [0.15, 0.2) is 0 Å². The summed E-state index contributed by atoms with van der Waals surface area (Å²) in [5.41, 5.74) is 5.19. The first-order chi connectivity index (χ1) is 9.75. The lowest BCUT2D eigenvalue weighted by atomic mass is 10.1. The molecular weight excluding hydrogens is 246 g/mol. The SMILES string of the molecule is Cc1ccc(COCCNCc2ccccc2)c(C)c1. The van der Waals surface area contributed by atoms with Gasteiger partial charge in [0.05, 0.1) is 13.2 Å². The molecule has 20 heavy (non-hydrogen) atoms. The van der Waals surface area contributed by atoms with Gasteiger partial charge in [-0.15, -0.1) is 0 Å².